The summed E-state index contributed by atoms with van der Waals surface area (Å²) >= 11 is 0. The van der Waals surface area contributed by atoms with Gasteiger partial charge in [-0.2, -0.15) is 5.10 Å². The first-order valence-corrected chi connectivity index (χ1v) is 5.57. The third-order valence-corrected chi connectivity index (χ3v) is 2.73. The van der Waals surface area contributed by atoms with Crippen molar-refractivity contribution in [2.75, 3.05) is 5.32 Å². The van der Waals surface area contributed by atoms with E-state index in [-0.39, 0.29) is 0 Å². The van der Waals surface area contributed by atoms with Crippen molar-refractivity contribution in [1.29, 1.82) is 0 Å². The van der Waals surface area contributed by atoms with Gasteiger partial charge in [0.25, 0.3) is 0 Å². The van der Waals surface area contributed by atoms with E-state index in [2.05, 4.69) is 20.0 Å². The molecule has 2 heterocycles. The summed E-state index contributed by atoms with van der Waals surface area (Å²) in [4.78, 5) is 4.32. The Bertz CT molecular complexity index is 480. The average molecular weight is 217 g/mol. The van der Waals surface area contributed by atoms with Crippen molar-refractivity contribution in [2.24, 2.45) is 7.05 Å². The Morgan fingerprint density at radius 2 is 2.31 bits per heavy atom. The molecular weight excluding hydrogens is 202 g/mol. The highest BCUT2D eigenvalue weighted by Gasteiger charge is 2.22. The molecule has 5 heteroatoms. The Balaban J connectivity index is 1.75. The van der Waals surface area contributed by atoms with Gasteiger partial charge in [-0.3, -0.25) is 4.68 Å². The lowest BCUT2D eigenvalue weighted by Crippen LogP contribution is -2.10. The van der Waals surface area contributed by atoms with Crippen LogP contribution in [0, 0.1) is 0 Å². The normalized spacial score (nSPS) is 15.3. The second-order valence-corrected chi connectivity index (χ2v) is 4.28. The fraction of sp³-hybridized carbons (Fsp3) is 0.455. The van der Waals surface area contributed by atoms with E-state index >= 15 is 0 Å². The lowest BCUT2D eigenvalue weighted by Gasteiger charge is -2.07. The minimum absolute atomic E-state index is 0.630. The Morgan fingerprint density at radius 3 is 3.00 bits per heavy atom. The summed E-state index contributed by atoms with van der Waals surface area (Å²) in [6.45, 7) is 0.774. The van der Waals surface area contributed by atoms with Crippen LogP contribution in [0.2, 0.25) is 0 Å². The number of rotatable bonds is 4. The third kappa shape index (κ3) is 1.93. The molecule has 0 aliphatic heterocycles. The number of nitrogens with one attached hydrogen (secondary N) is 1. The monoisotopic (exact) mass is 217 g/mol. The predicted octanol–water partition coefficient (Wildman–Crippen LogP) is 1.24. The smallest absolute Gasteiger partial charge is 0.203 e. The number of hydrogen-bond donors (Lipinski definition) is 1. The molecule has 2 aromatic heterocycles. The van der Waals surface area contributed by atoms with Crippen LogP contribution in [-0.4, -0.2) is 25.4 Å². The van der Waals surface area contributed by atoms with Crippen LogP contribution in [0.15, 0.2) is 24.7 Å². The predicted molar refractivity (Wildman–Crippen MR) is 61.2 cm³/mol. The molecule has 1 saturated carbocycles. The first-order chi connectivity index (χ1) is 7.81. The van der Waals surface area contributed by atoms with Gasteiger partial charge in [-0.15, -0.1) is 0 Å². The lowest BCUT2D eigenvalue weighted by molar-refractivity contribution is 0.707. The summed E-state index contributed by atoms with van der Waals surface area (Å²) in [5, 5.41) is 7.77. The van der Waals surface area contributed by atoms with E-state index in [1.54, 1.807) is 0 Å². The minimum atomic E-state index is 0.630. The van der Waals surface area contributed by atoms with Gasteiger partial charge in [-0.05, 0) is 18.9 Å². The Morgan fingerprint density at radius 1 is 1.44 bits per heavy atom. The van der Waals surface area contributed by atoms with E-state index in [4.69, 9.17) is 0 Å². The second kappa shape index (κ2) is 3.66. The van der Waals surface area contributed by atoms with Crippen LogP contribution in [0.4, 0.5) is 5.95 Å². The maximum Gasteiger partial charge on any atom is 0.203 e. The quantitative estimate of drug-likeness (QED) is 0.838. The molecule has 84 valence electrons. The fourth-order valence-electron chi connectivity index (χ4n) is 1.71. The molecule has 0 radical (unpaired) electrons. The highest BCUT2D eigenvalue weighted by atomic mass is 15.3. The molecule has 0 amide bonds. The van der Waals surface area contributed by atoms with E-state index < -0.39 is 0 Å². The van der Waals surface area contributed by atoms with Crippen LogP contribution < -0.4 is 5.32 Å². The first-order valence-electron chi connectivity index (χ1n) is 5.57. The Kier molecular flexibility index (Phi) is 2.16. The van der Waals surface area contributed by atoms with Crippen molar-refractivity contribution >= 4 is 5.95 Å². The first kappa shape index (κ1) is 9.45. The molecule has 3 rings (SSSR count). The molecule has 1 aliphatic rings. The number of nitrogens with zero attached hydrogens (tertiary/aromatic N) is 4. The largest absolute Gasteiger partial charge is 0.353 e. The highest BCUT2D eigenvalue weighted by molar-refractivity contribution is 5.30. The zero-order valence-corrected chi connectivity index (χ0v) is 9.30. The van der Waals surface area contributed by atoms with Gasteiger partial charge in [0.15, 0.2) is 0 Å². The maximum absolute atomic E-state index is 4.36. The van der Waals surface area contributed by atoms with Gasteiger partial charge >= 0.3 is 0 Å². The summed E-state index contributed by atoms with van der Waals surface area (Å²) < 4.78 is 3.92. The van der Waals surface area contributed by atoms with Crippen molar-refractivity contribution in [1.82, 2.24) is 19.3 Å². The molecule has 0 spiro atoms. The summed E-state index contributed by atoms with van der Waals surface area (Å²) in [5.41, 5.74) is 1.05. The van der Waals surface area contributed by atoms with Crippen LogP contribution in [0.25, 0.3) is 0 Å². The van der Waals surface area contributed by atoms with Crippen LogP contribution in [0.3, 0.4) is 0 Å². The van der Waals surface area contributed by atoms with E-state index in [1.807, 2.05) is 36.4 Å². The molecule has 2 aromatic rings. The van der Waals surface area contributed by atoms with E-state index in [0.717, 1.165) is 18.2 Å². The van der Waals surface area contributed by atoms with Crippen molar-refractivity contribution in [3.63, 3.8) is 0 Å². The van der Waals surface area contributed by atoms with Crippen LogP contribution in [-0.2, 0) is 13.6 Å². The number of imidazole rings is 1. The third-order valence-electron chi connectivity index (χ3n) is 2.73. The molecule has 0 aromatic carbocycles. The molecule has 0 saturated heterocycles. The van der Waals surface area contributed by atoms with Gasteiger partial charge in [-0.25, -0.2) is 4.98 Å². The molecule has 16 heavy (non-hydrogen) atoms. The van der Waals surface area contributed by atoms with Gasteiger partial charge in [0.2, 0.25) is 5.95 Å². The van der Waals surface area contributed by atoms with Crippen molar-refractivity contribution in [2.45, 2.75) is 25.4 Å². The summed E-state index contributed by atoms with van der Waals surface area (Å²) in [7, 11) is 1.93. The summed E-state index contributed by atoms with van der Waals surface area (Å²) in [6.07, 6.45) is 8.29. The lowest BCUT2D eigenvalue weighted by atomic mass is 10.4. The van der Waals surface area contributed by atoms with Crippen molar-refractivity contribution in [3.05, 3.63) is 30.4 Å². The molecule has 0 atom stereocenters. The SMILES string of the molecule is Cn1ccc(Cn2ccnc2NC2CC2)n1. The van der Waals surface area contributed by atoms with Crippen molar-refractivity contribution < 1.29 is 0 Å². The Hall–Kier alpha value is -1.78. The Labute approximate surface area is 94.1 Å². The average Bonchev–Trinajstić information content (AvgIpc) is 2.82. The molecular formula is C11H15N5. The summed E-state index contributed by atoms with van der Waals surface area (Å²) in [5.74, 6) is 0.952. The fourth-order valence-corrected chi connectivity index (χ4v) is 1.71. The zero-order valence-electron chi connectivity index (χ0n) is 9.30. The van der Waals surface area contributed by atoms with Gasteiger partial charge in [0.1, 0.15) is 0 Å². The zero-order chi connectivity index (χ0) is 11.0. The number of hydrogen-bond acceptors (Lipinski definition) is 3. The van der Waals surface area contributed by atoms with Crippen molar-refractivity contribution in [3.8, 4) is 0 Å². The second-order valence-electron chi connectivity index (χ2n) is 4.28. The van der Waals surface area contributed by atoms with Gasteiger partial charge in [0, 0.05) is 31.7 Å². The minimum Gasteiger partial charge on any atom is -0.353 e. The molecule has 0 bridgehead atoms. The van der Waals surface area contributed by atoms with Crippen LogP contribution >= 0.6 is 0 Å². The van der Waals surface area contributed by atoms with E-state index in [0.29, 0.717) is 6.04 Å². The van der Waals surface area contributed by atoms with E-state index in [1.165, 1.54) is 12.8 Å². The number of aryl methyl sites for hydroxylation is 1. The van der Waals surface area contributed by atoms with Gasteiger partial charge < -0.3 is 9.88 Å². The number of anilines is 1. The van der Waals surface area contributed by atoms with Crippen LogP contribution in [0.5, 0.6) is 0 Å². The number of aromatic nitrogens is 4. The molecule has 1 fully saturated rings. The summed E-state index contributed by atoms with van der Waals surface area (Å²) in [6, 6.07) is 2.66. The highest BCUT2D eigenvalue weighted by Crippen LogP contribution is 2.23. The molecule has 1 aliphatic carbocycles. The molecule has 0 unspecified atom stereocenters. The van der Waals surface area contributed by atoms with Gasteiger partial charge in [-0.1, -0.05) is 0 Å². The van der Waals surface area contributed by atoms with Gasteiger partial charge in [0.05, 0.1) is 12.2 Å². The molecule has 5 nitrogen and oxygen atoms in total. The standard InChI is InChI=1S/C11H15N5/c1-15-6-4-10(14-15)8-16-7-5-12-11(16)13-9-2-3-9/h4-7,9H,2-3,8H2,1H3,(H,12,13). The van der Waals surface area contributed by atoms with Crippen LogP contribution in [0.1, 0.15) is 18.5 Å². The van der Waals surface area contributed by atoms with E-state index in [9.17, 15) is 0 Å². The molecule has 1 N–H and O–H groups in total. The topological polar surface area (TPSA) is 47.7 Å². The maximum atomic E-state index is 4.36.